The summed E-state index contributed by atoms with van der Waals surface area (Å²) in [7, 11) is 1.93. The second-order valence-electron chi connectivity index (χ2n) is 6.34. The molecule has 1 aromatic rings. The Morgan fingerprint density at radius 1 is 1.40 bits per heavy atom. The highest BCUT2D eigenvalue weighted by atomic mass is 35.5. The monoisotopic (exact) mass is 293 g/mol. The van der Waals surface area contributed by atoms with Crippen LogP contribution in [-0.2, 0) is 6.54 Å². The van der Waals surface area contributed by atoms with Gasteiger partial charge in [0.25, 0.3) is 0 Å². The van der Waals surface area contributed by atoms with Gasteiger partial charge in [-0.1, -0.05) is 44.0 Å². The summed E-state index contributed by atoms with van der Waals surface area (Å²) in [4.78, 5) is 6.78. The lowest BCUT2D eigenvalue weighted by atomic mass is 9.83. The SMILES string of the molecule is CNCc1cc(N2CC=C(C(C)(C)C)CC2)ncc1Cl. The van der Waals surface area contributed by atoms with Crippen molar-refractivity contribution in [2.45, 2.75) is 33.7 Å². The van der Waals surface area contributed by atoms with E-state index in [2.05, 4.69) is 48.1 Å². The van der Waals surface area contributed by atoms with E-state index in [0.717, 1.165) is 42.5 Å². The van der Waals surface area contributed by atoms with Crippen molar-refractivity contribution in [2.75, 3.05) is 25.0 Å². The molecule has 0 unspecified atom stereocenters. The van der Waals surface area contributed by atoms with Gasteiger partial charge in [-0.25, -0.2) is 4.98 Å². The Balaban J connectivity index is 2.15. The predicted octanol–water partition coefficient (Wildman–Crippen LogP) is 3.64. The van der Waals surface area contributed by atoms with E-state index in [4.69, 9.17) is 11.6 Å². The zero-order chi connectivity index (χ0) is 14.8. The first-order valence-electron chi connectivity index (χ1n) is 7.15. The summed E-state index contributed by atoms with van der Waals surface area (Å²) in [6.45, 7) is 9.56. The van der Waals surface area contributed by atoms with Crippen molar-refractivity contribution < 1.29 is 0 Å². The molecule has 0 aliphatic carbocycles. The minimum atomic E-state index is 0.275. The van der Waals surface area contributed by atoms with Crippen molar-refractivity contribution in [1.29, 1.82) is 0 Å². The number of anilines is 1. The molecule has 3 nitrogen and oxygen atoms in total. The minimum absolute atomic E-state index is 0.275. The van der Waals surface area contributed by atoms with Crippen molar-refractivity contribution >= 4 is 17.4 Å². The fourth-order valence-electron chi connectivity index (χ4n) is 2.53. The molecule has 1 aliphatic heterocycles. The molecule has 1 N–H and O–H groups in total. The van der Waals surface area contributed by atoms with Crippen molar-refractivity contribution in [1.82, 2.24) is 10.3 Å². The molecule has 1 aromatic heterocycles. The number of halogens is 1. The molecule has 0 atom stereocenters. The highest BCUT2D eigenvalue weighted by molar-refractivity contribution is 6.31. The number of pyridine rings is 1. The van der Waals surface area contributed by atoms with Crippen LogP contribution in [0.4, 0.5) is 5.82 Å². The number of hydrogen-bond donors (Lipinski definition) is 1. The molecule has 4 heteroatoms. The van der Waals surface area contributed by atoms with Crippen LogP contribution in [0, 0.1) is 5.41 Å². The minimum Gasteiger partial charge on any atom is -0.353 e. The number of rotatable bonds is 3. The molecule has 2 rings (SSSR count). The van der Waals surface area contributed by atoms with Crippen molar-refractivity contribution in [3.63, 3.8) is 0 Å². The fraction of sp³-hybridized carbons (Fsp3) is 0.562. The van der Waals surface area contributed by atoms with Gasteiger partial charge >= 0.3 is 0 Å². The molecule has 2 heterocycles. The van der Waals surface area contributed by atoms with Gasteiger partial charge in [0.1, 0.15) is 5.82 Å². The lowest BCUT2D eigenvalue weighted by molar-refractivity contribution is 0.472. The maximum absolute atomic E-state index is 6.16. The van der Waals surface area contributed by atoms with Crippen LogP contribution in [0.5, 0.6) is 0 Å². The van der Waals surface area contributed by atoms with E-state index in [0.29, 0.717) is 0 Å². The summed E-state index contributed by atoms with van der Waals surface area (Å²) in [5.41, 5.74) is 2.92. The van der Waals surface area contributed by atoms with Crippen LogP contribution in [0.2, 0.25) is 5.02 Å². The molecular formula is C16H24ClN3. The van der Waals surface area contributed by atoms with Gasteiger partial charge in [-0.05, 0) is 30.5 Å². The van der Waals surface area contributed by atoms with E-state index in [1.54, 1.807) is 6.20 Å². The summed E-state index contributed by atoms with van der Waals surface area (Å²) >= 11 is 6.16. The van der Waals surface area contributed by atoms with Gasteiger partial charge in [0.15, 0.2) is 0 Å². The second kappa shape index (κ2) is 6.15. The lowest BCUT2D eigenvalue weighted by Crippen LogP contribution is -2.32. The van der Waals surface area contributed by atoms with E-state index >= 15 is 0 Å². The Kier molecular flexibility index (Phi) is 4.71. The van der Waals surface area contributed by atoms with Gasteiger partial charge < -0.3 is 10.2 Å². The molecule has 20 heavy (non-hydrogen) atoms. The van der Waals surface area contributed by atoms with Crippen LogP contribution in [-0.4, -0.2) is 25.1 Å². The maximum Gasteiger partial charge on any atom is 0.129 e. The van der Waals surface area contributed by atoms with Gasteiger partial charge in [-0.3, -0.25) is 0 Å². The first kappa shape index (κ1) is 15.3. The summed E-state index contributed by atoms with van der Waals surface area (Å²) in [6.07, 6.45) is 5.21. The Morgan fingerprint density at radius 3 is 2.70 bits per heavy atom. The Labute approximate surface area is 127 Å². The van der Waals surface area contributed by atoms with Crippen molar-refractivity contribution in [3.8, 4) is 0 Å². The zero-order valence-electron chi connectivity index (χ0n) is 12.8. The number of nitrogens with zero attached hydrogens (tertiary/aromatic N) is 2. The standard InChI is InChI=1S/C16H24ClN3/c1-16(2,3)13-5-7-20(8-6-13)15-9-12(10-18-4)14(17)11-19-15/h5,9,11,18H,6-8,10H2,1-4H3. The van der Waals surface area contributed by atoms with Gasteiger partial charge in [0.05, 0.1) is 5.02 Å². The highest BCUT2D eigenvalue weighted by Crippen LogP contribution is 2.31. The third-order valence-corrected chi connectivity index (χ3v) is 4.12. The Bertz CT molecular complexity index is 503. The van der Waals surface area contributed by atoms with Crippen LogP contribution in [0.3, 0.4) is 0 Å². The summed E-state index contributed by atoms with van der Waals surface area (Å²) in [5, 5.41) is 3.87. The maximum atomic E-state index is 6.16. The molecule has 110 valence electrons. The molecule has 0 spiro atoms. The smallest absolute Gasteiger partial charge is 0.129 e. The van der Waals surface area contributed by atoms with Crippen molar-refractivity contribution in [2.24, 2.45) is 5.41 Å². The van der Waals surface area contributed by atoms with Gasteiger partial charge in [-0.15, -0.1) is 0 Å². The number of nitrogens with one attached hydrogen (secondary N) is 1. The Morgan fingerprint density at radius 2 is 2.15 bits per heavy atom. The summed E-state index contributed by atoms with van der Waals surface area (Å²) in [5.74, 6) is 1.02. The number of aromatic nitrogens is 1. The van der Waals surface area contributed by atoms with Gasteiger partial charge in [0, 0.05) is 25.8 Å². The fourth-order valence-corrected chi connectivity index (χ4v) is 2.70. The molecule has 0 saturated heterocycles. The molecule has 0 amide bonds. The highest BCUT2D eigenvalue weighted by Gasteiger charge is 2.22. The van der Waals surface area contributed by atoms with E-state index < -0.39 is 0 Å². The average Bonchev–Trinajstić information content (AvgIpc) is 2.41. The molecule has 0 fully saturated rings. The topological polar surface area (TPSA) is 28.2 Å². The normalized spacial score (nSPS) is 16.2. The molecule has 0 aromatic carbocycles. The molecule has 1 aliphatic rings. The van der Waals surface area contributed by atoms with E-state index in [-0.39, 0.29) is 5.41 Å². The van der Waals surface area contributed by atoms with Crippen molar-refractivity contribution in [3.05, 3.63) is 34.5 Å². The third kappa shape index (κ3) is 3.53. The summed E-state index contributed by atoms with van der Waals surface area (Å²) < 4.78 is 0. The second-order valence-corrected chi connectivity index (χ2v) is 6.75. The van der Waals surface area contributed by atoms with Gasteiger partial charge in [0.2, 0.25) is 0 Å². The van der Waals surface area contributed by atoms with E-state index in [1.165, 1.54) is 5.57 Å². The lowest BCUT2D eigenvalue weighted by Gasteiger charge is -2.33. The summed E-state index contributed by atoms with van der Waals surface area (Å²) in [6, 6.07) is 2.09. The van der Waals surface area contributed by atoms with Gasteiger partial charge in [-0.2, -0.15) is 0 Å². The number of hydrogen-bond acceptors (Lipinski definition) is 3. The average molecular weight is 294 g/mol. The quantitative estimate of drug-likeness (QED) is 0.863. The molecule has 0 radical (unpaired) electrons. The Hall–Kier alpha value is -1.06. The first-order chi connectivity index (χ1) is 9.41. The third-order valence-electron chi connectivity index (χ3n) is 3.78. The van der Waals surface area contributed by atoms with Crippen LogP contribution in [0.1, 0.15) is 32.8 Å². The predicted molar refractivity (Wildman–Crippen MR) is 86.4 cm³/mol. The van der Waals surface area contributed by atoms with E-state index in [9.17, 15) is 0 Å². The largest absolute Gasteiger partial charge is 0.353 e. The molecular weight excluding hydrogens is 270 g/mol. The van der Waals surface area contributed by atoms with Crippen LogP contribution >= 0.6 is 11.6 Å². The van der Waals surface area contributed by atoms with Crippen LogP contribution in [0.15, 0.2) is 23.9 Å². The molecule has 0 bridgehead atoms. The first-order valence-corrected chi connectivity index (χ1v) is 7.53. The van der Waals surface area contributed by atoms with Crippen LogP contribution in [0.25, 0.3) is 0 Å². The zero-order valence-corrected chi connectivity index (χ0v) is 13.6. The van der Waals surface area contributed by atoms with E-state index in [1.807, 2.05) is 7.05 Å². The van der Waals surface area contributed by atoms with Crippen LogP contribution < -0.4 is 10.2 Å². The molecule has 0 saturated carbocycles.